The average molecular weight is 304 g/mol. The van der Waals surface area contributed by atoms with Gasteiger partial charge in [-0.25, -0.2) is 8.42 Å². The molecule has 1 unspecified atom stereocenters. The van der Waals surface area contributed by atoms with Gasteiger partial charge in [-0.1, -0.05) is 6.07 Å². The lowest BCUT2D eigenvalue weighted by Crippen LogP contribution is -2.29. The summed E-state index contributed by atoms with van der Waals surface area (Å²) in [6, 6.07) is 5.01. The molecule has 0 amide bonds. The van der Waals surface area contributed by atoms with Crippen LogP contribution in [0.2, 0.25) is 0 Å². The molecule has 5 nitrogen and oxygen atoms in total. The number of rotatable bonds is 2. The summed E-state index contributed by atoms with van der Waals surface area (Å²) in [6.45, 7) is 0.822. The molecule has 1 atom stereocenters. The standard InChI is InChI=1S/C10H10ClN3O2S2/c11-7-4-5-14(6-7)18(15,16)9-3-1-2-8-10(9)13-17-12-8/h1-3,7H,4-6H2. The molecule has 0 bridgehead atoms. The van der Waals surface area contributed by atoms with Crippen LogP contribution in [0, 0.1) is 0 Å². The predicted octanol–water partition coefficient (Wildman–Crippen LogP) is 1.69. The SMILES string of the molecule is O=S(=O)(c1cccc2nsnc12)N1CCC(Cl)C1. The summed E-state index contributed by atoms with van der Waals surface area (Å²) in [5.74, 6) is 0. The van der Waals surface area contributed by atoms with E-state index in [9.17, 15) is 8.42 Å². The summed E-state index contributed by atoms with van der Waals surface area (Å²) in [7, 11) is -3.52. The molecule has 0 N–H and O–H groups in total. The van der Waals surface area contributed by atoms with Gasteiger partial charge >= 0.3 is 0 Å². The monoisotopic (exact) mass is 303 g/mol. The molecule has 8 heteroatoms. The second-order valence-electron chi connectivity index (χ2n) is 4.14. The van der Waals surface area contributed by atoms with Crippen LogP contribution >= 0.6 is 23.3 Å². The summed E-state index contributed by atoms with van der Waals surface area (Å²) in [5, 5.41) is -0.104. The van der Waals surface area contributed by atoms with Gasteiger partial charge in [-0.3, -0.25) is 0 Å². The van der Waals surface area contributed by atoms with E-state index in [1.165, 1.54) is 4.31 Å². The van der Waals surface area contributed by atoms with Crippen molar-refractivity contribution < 1.29 is 8.42 Å². The molecule has 1 aliphatic heterocycles. The third-order valence-electron chi connectivity index (χ3n) is 2.96. The summed E-state index contributed by atoms with van der Waals surface area (Å²) in [5.41, 5.74) is 1.06. The van der Waals surface area contributed by atoms with E-state index in [2.05, 4.69) is 8.75 Å². The molecular weight excluding hydrogens is 294 g/mol. The Morgan fingerprint density at radius 2 is 2.22 bits per heavy atom. The fraction of sp³-hybridized carbons (Fsp3) is 0.400. The Labute approximate surface area is 114 Å². The highest BCUT2D eigenvalue weighted by Gasteiger charge is 2.33. The lowest BCUT2D eigenvalue weighted by atomic mass is 10.3. The number of aromatic nitrogens is 2. The number of hydrogen-bond acceptors (Lipinski definition) is 5. The number of alkyl halides is 1. The highest BCUT2D eigenvalue weighted by atomic mass is 35.5. The Kier molecular flexibility index (Phi) is 3.01. The molecule has 2 heterocycles. The summed E-state index contributed by atoms with van der Waals surface area (Å²) < 4.78 is 34.5. The minimum atomic E-state index is -3.52. The van der Waals surface area contributed by atoms with E-state index in [-0.39, 0.29) is 10.3 Å². The lowest BCUT2D eigenvalue weighted by Gasteiger charge is -2.15. The van der Waals surface area contributed by atoms with Crippen molar-refractivity contribution in [3.63, 3.8) is 0 Å². The third-order valence-corrected chi connectivity index (χ3v) is 5.76. The molecule has 0 spiro atoms. The molecule has 18 heavy (non-hydrogen) atoms. The smallest absolute Gasteiger partial charge is 0.207 e. The Morgan fingerprint density at radius 3 is 2.94 bits per heavy atom. The average Bonchev–Trinajstić information content (AvgIpc) is 2.96. The van der Waals surface area contributed by atoms with Gasteiger partial charge in [-0.15, -0.1) is 11.6 Å². The van der Waals surface area contributed by atoms with Gasteiger partial charge in [-0.05, 0) is 18.6 Å². The molecule has 1 aliphatic rings. The predicted molar refractivity (Wildman–Crippen MR) is 70.4 cm³/mol. The van der Waals surface area contributed by atoms with Gasteiger partial charge in [0.05, 0.1) is 11.7 Å². The van der Waals surface area contributed by atoms with Gasteiger partial charge in [0.2, 0.25) is 10.0 Å². The molecule has 1 saturated heterocycles. The number of sulfonamides is 1. The maximum Gasteiger partial charge on any atom is 0.245 e. The molecule has 1 fully saturated rings. The summed E-state index contributed by atoms with van der Waals surface area (Å²) in [6.07, 6.45) is 0.687. The molecule has 0 radical (unpaired) electrons. The molecule has 0 saturated carbocycles. The molecule has 3 rings (SSSR count). The van der Waals surface area contributed by atoms with Crippen molar-refractivity contribution in [2.75, 3.05) is 13.1 Å². The first-order chi connectivity index (χ1) is 8.59. The zero-order valence-electron chi connectivity index (χ0n) is 9.28. The van der Waals surface area contributed by atoms with Gasteiger partial charge in [0.25, 0.3) is 0 Å². The Morgan fingerprint density at radius 1 is 1.39 bits per heavy atom. The van der Waals surface area contributed by atoms with Crippen molar-refractivity contribution >= 4 is 44.4 Å². The van der Waals surface area contributed by atoms with E-state index < -0.39 is 10.0 Å². The maximum absolute atomic E-state index is 12.5. The molecule has 1 aromatic heterocycles. The molecule has 0 aliphatic carbocycles. The largest absolute Gasteiger partial charge is 0.245 e. The molecule has 1 aromatic carbocycles. The van der Waals surface area contributed by atoms with Crippen LogP contribution in [0.1, 0.15) is 6.42 Å². The van der Waals surface area contributed by atoms with E-state index in [1.807, 2.05) is 0 Å². The fourth-order valence-electron chi connectivity index (χ4n) is 2.03. The van der Waals surface area contributed by atoms with Crippen LogP contribution in [0.15, 0.2) is 23.1 Å². The minimum absolute atomic E-state index is 0.104. The highest BCUT2D eigenvalue weighted by molar-refractivity contribution is 7.89. The van der Waals surface area contributed by atoms with Crippen molar-refractivity contribution in [2.45, 2.75) is 16.7 Å². The van der Waals surface area contributed by atoms with Crippen LogP contribution in [0.3, 0.4) is 0 Å². The summed E-state index contributed by atoms with van der Waals surface area (Å²) >= 11 is 6.98. The van der Waals surface area contributed by atoms with Crippen molar-refractivity contribution in [3.05, 3.63) is 18.2 Å². The minimum Gasteiger partial charge on any atom is -0.207 e. The first-order valence-corrected chi connectivity index (χ1v) is 8.05. The highest BCUT2D eigenvalue weighted by Crippen LogP contribution is 2.27. The van der Waals surface area contributed by atoms with Gasteiger partial charge in [0.1, 0.15) is 15.9 Å². The van der Waals surface area contributed by atoms with Crippen LogP contribution in [0.4, 0.5) is 0 Å². The van der Waals surface area contributed by atoms with Gasteiger partial charge < -0.3 is 0 Å². The van der Waals surface area contributed by atoms with E-state index in [0.717, 1.165) is 11.7 Å². The van der Waals surface area contributed by atoms with Crippen molar-refractivity contribution in [2.24, 2.45) is 0 Å². The normalized spacial score (nSPS) is 21.7. The zero-order valence-corrected chi connectivity index (χ0v) is 11.7. The number of hydrogen-bond donors (Lipinski definition) is 0. The van der Waals surface area contributed by atoms with Gasteiger partial charge in [-0.2, -0.15) is 13.1 Å². The van der Waals surface area contributed by atoms with Gasteiger partial charge in [0.15, 0.2) is 0 Å². The fourth-order valence-corrected chi connectivity index (χ4v) is 4.63. The molecular formula is C10H10ClN3O2S2. The number of fused-ring (bicyclic) bond motifs is 1. The van der Waals surface area contributed by atoms with Crippen molar-refractivity contribution in [1.29, 1.82) is 0 Å². The first kappa shape index (κ1) is 12.3. The topological polar surface area (TPSA) is 63.2 Å². The lowest BCUT2D eigenvalue weighted by molar-refractivity contribution is 0.478. The third kappa shape index (κ3) is 1.91. The van der Waals surface area contributed by atoms with Crippen LogP contribution in [-0.2, 0) is 10.0 Å². The van der Waals surface area contributed by atoms with Crippen LogP contribution in [0.5, 0.6) is 0 Å². The molecule has 2 aromatic rings. The van der Waals surface area contributed by atoms with Crippen LogP contribution < -0.4 is 0 Å². The van der Waals surface area contributed by atoms with E-state index in [4.69, 9.17) is 11.6 Å². The Bertz CT molecular complexity index is 685. The number of halogens is 1. The quantitative estimate of drug-likeness (QED) is 0.792. The van der Waals surface area contributed by atoms with E-state index in [1.54, 1.807) is 18.2 Å². The Balaban J connectivity index is 2.11. The van der Waals surface area contributed by atoms with Crippen molar-refractivity contribution in [3.8, 4) is 0 Å². The number of benzene rings is 1. The summed E-state index contributed by atoms with van der Waals surface area (Å²) in [4.78, 5) is 0.222. The molecule has 96 valence electrons. The second kappa shape index (κ2) is 4.41. The first-order valence-electron chi connectivity index (χ1n) is 5.44. The second-order valence-corrected chi connectivity index (χ2v) is 7.19. The van der Waals surface area contributed by atoms with E-state index in [0.29, 0.717) is 30.5 Å². The van der Waals surface area contributed by atoms with E-state index >= 15 is 0 Å². The van der Waals surface area contributed by atoms with Crippen molar-refractivity contribution in [1.82, 2.24) is 13.1 Å². The zero-order chi connectivity index (χ0) is 12.8. The van der Waals surface area contributed by atoms with Crippen LogP contribution in [-0.4, -0.2) is 39.9 Å². The van der Waals surface area contributed by atoms with Gasteiger partial charge in [0, 0.05) is 18.5 Å². The number of nitrogens with zero attached hydrogens (tertiary/aromatic N) is 3. The Hall–Kier alpha value is -0.760. The maximum atomic E-state index is 12.5. The van der Waals surface area contributed by atoms with Crippen LogP contribution in [0.25, 0.3) is 11.0 Å².